The number of benzene rings is 1. The molecule has 1 atom stereocenters. The normalized spacial score (nSPS) is 13.8. The highest BCUT2D eigenvalue weighted by atomic mass is 31.2. The molecule has 0 spiro atoms. The van der Waals surface area contributed by atoms with Crippen molar-refractivity contribution in [3.05, 3.63) is 36.2 Å². The van der Waals surface area contributed by atoms with Gasteiger partial charge < -0.3 is 20.0 Å². The minimum atomic E-state index is -4.66. The van der Waals surface area contributed by atoms with E-state index in [4.69, 9.17) is 0 Å². The van der Waals surface area contributed by atoms with Crippen LogP contribution in [-0.2, 0) is 10.7 Å². The molecule has 0 aliphatic carbocycles. The molecule has 3 aromatic rings. The number of nitrogens with zero attached hydrogens (tertiary/aromatic N) is 2. The number of rotatable bonds is 6. The number of H-pyrrole nitrogens is 1. The van der Waals surface area contributed by atoms with Gasteiger partial charge in [0.05, 0.1) is 23.9 Å². The fraction of sp³-hybridized carbons (Fsp3) is 0.400. The highest BCUT2D eigenvalue weighted by Gasteiger charge is 2.36. The Morgan fingerprint density at radius 2 is 1.97 bits per heavy atom. The maximum Gasteiger partial charge on any atom is 0.419 e. The van der Waals surface area contributed by atoms with Gasteiger partial charge in [-0.05, 0) is 25.3 Å². The van der Waals surface area contributed by atoms with Gasteiger partial charge in [-0.25, -0.2) is 9.97 Å². The van der Waals surface area contributed by atoms with Crippen LogP contribution < -0.4 is 10.6 Å². The molecule has 1 aromatic carbocycles. The van der Waals surface area contributed by atoms with E-state index < -0.39 is 24.9 Å². The van der Waals surface area contributed by atoms with Crippen molar-refractivity contribution < 1.29 is 22.8 Å². The number of hydrogen-bond acceptors (Lipinski definition) is 5. The molecule has 30 heavy (non-hydrogen) atoms. The van der Waals surface area contributed by atoms with Crippen molar-refractivity contribution in [1.82, 2.24) is 15.0 Å². The summed E-state index contributed by atoms with van der Waals surface area (Å²) in [5, 5.41) is 13.5. The maximum atomic E-state index is 13.7. The second-order valence-corrected chi connectivity index (χ2v) is 11.1. The molecule has 2 aromatic heterocycles. The van der Waals surface area contributed by atoms with E-state index in [1.165, 1.54) is 6.20 Å². The molecule has 3 N–H and O–H groups in total. The van der Waals surface area contributed by atoms with Crippen LogP contribution in [0.1, 0.15) is 19.4 Å². The molecule has 0 bridgehead atoms. The van der Waals surface area contributed by atoms with Gasteiger partial charge in [0, 0.05) is 28.6 Å². The van der Waals surface area contributed by atoms with Gasteiger partial charge in [0.15, 0.2) is 0 Å². The molecule has 0 saturated carbocycles. The highest BCUT2D eigenvalue weighted by molar-refractivity contribution is 7.70. The summed E-state index contributed by atoms with van der Waals surface area (Å²) in [7, 11) is -2.66. The SMILES string of the molecule is CC(C)[C@@H](CO)Nc1ncc(C(F)(F)F)c(-c2c[nH]c3c(P(C)(C)=O)cccc23)n1. The molecule has 6 nitrogen and oxygen atoms in total. The van der Waals surface area contributed by atoms with Crippen LogP contribution in [0.4, 0.5) is 19.1 Å². The number of nitrogens with one attached hydrogen (secondary N) is 2. The molecular weight excluding hydrogens is 416 g/mol. The number of halogens is 3. The van der Waals surface area contributed by atoms with Crippen molar-refractivity contribution >= 4 is 29.3 Å². The number of fused-ring (bicyclic) bond motifs is 1. The Morgan fingerprint density at radius 3 is 2.53 bits per heavy atom. The summed E-state index contributed by atoms with van der Waals surface area (Å²) >= 11 is 0. The molecule has 0 amide bonds. The number of aromatic nitrogens is 3. The second kappa shape index (κ2) is 8.04. The number of aliphatic hydroxyl groups excluding tert-OH is 1. The van der Waals surface area contributed by atoms with E-state index in [0.717, 1.165) is 6.20 Å². The predicted octanol–water partition coefficient (Wildman–Crippen LogP) is 4.32. The Kier molecular flexibility index (Phi) is 5.98. The first-order chi connectivity index (χ1) is 13.9. The van der Waals surface area contributed by atoms with Gasteiger partial charge in [0.1, 0.15) is 12.7 Å². The van der Waals surface area contributed by atoms with Gasteiger partial charge in [0.25, 0.3) is 0 Å². The third-order valence-corrected chi connectivity index (χ3v) is 6.47. The summed E-state index contributed by atoms with van der Waals surface area (Å²) in [6.45, 7) is 6.74. The van der Waals surface area contributed by atoms with E-state index >= 15 is 0 Å². The summed E-state index contributed by atoms with van der Waals surface area (Å²) in [6, 6.07) is 4.63. The molecule has 3 rings (SSSR count). The van der Waals surface area contributed by atoms with E-state index in [1.807, 2.05) is 13.8 Å². The van der Waals surface area contributed by atoms with Crippen molar-refractivity contribution in [2.75, 3.05) is 25.3 Å². The number of aromatic amines is 1. The first-order valence-electron chi connectivity index (χ1n) is 9.41. The molecule has 0 aliphatic rings. The fourth-order valence-corrected chi connectivity index (χ4v) is 4.40. The van der Waals surface area contributed by atoms with Crippen LogP contribution in [0, 0.1) is 5.92 Å². The molecule has 0 radical (unpaired) electrons. The highest BCUT2D eigenvalue weighted by Crippen LogP contribution is 2.41. The topological polar surface area (TPSA) is 90.9 Å². The van der Waals surface area contributed by atoms with E-state index in [9.17, 15) is 22.8 Å². The lowest BCUT2D eigenvalue weighted by molar-refractivity contribution is -0.137. The standard InChI is InChI=1S/C20H24F3N4O2P/c1-11(2)15(10-28)26-19-25-9-14(20(21,22)23)17(27-19)13-8-24-18-12(13)6-5-7-16(18)30(3,4)29/h5-9,11,15,24,28H,10H2,1-4H3,(H,25,26,27)/t15-/m1/s1. The van der Waals surface area contributed by atoms with Gasteiger partial charge in [-0.1, -0.05) is 26.0 Å². The van der Waals surface area contributed by atoms with Crippen LogP contribution in [0.15, 0.2) is 30.6 Å². The zero-order chi connectivity index (χ0) is 22.3. The number of hydrogen-bond donors (Lipinski definition) is 3. The second-order valence-electron chi connectivity index (χ2n) is 7.88. The lowest BCUT2D eigenvalue weighted by atomic mass is 10.1. The largest absolute Gasteiger partial charge is 0.419 e. The fourth-order valence-electron chi connectivity index (χ4n) is 3.24. The van der Waals surface area contributed by atoms with Crippen molar-refractivity contribution in [2.45, 2.75) is 26.1 Å². The van der Waals surface area contributed by atoms with Crippen LogP contribution in [0.25, 0.3) is 22.2 Å². The number of aliphatic hydroxyl groups is 1. The summed E-state index contributed by atoms with van der Waals surface area (Å²) in [4.78, 5) is 10.9. The van der Waals surface area contributed by atoms with E-state index in [0.29, 0.717) is 16.2 Å². The minimum Gasteiger partial charge on any atom is -0.394 e. The number of alkyl halides is 3. The van der Waals surface area contributed by atoms with Gasteiger partial charge >= 0.3 is 6.18 Å². The molecule has 2 heterocycles. The van der Waals surface area contributed by atoms with Crippen LogP contribution >= 0.6 is 7.14 Å². The molecule has 0 aliphatic heterocycles. The zero-order valence-corrected chi connectivity index (χ0v) is 18.0. The number of para-hydroxylation sites is 1. The minimum absolute atomic E-state index is 0.00657. The van der Waals surface area contributed by atoms with E-state index in [1.54, 1.807) is 31.5 Å². The lowest BCUT2D eigenvalue weighted by Crippen LogP contribution is -2.30. The van der Waals surface area contributed by atoms with Crippen molar-refractivity contribution in [2.24, 2.45) is 5.92 Å². The third-order valence-electron chi connectivity index (χ3n) is 4.94. The van der Waals surface area contributed by atoms with Gasteiger partial charge in [-0.2, -0.15) is 13.2 Å². The predicted molar refractivity (Wildman–Crippen MR) is 113 cm³/mol. The third kappa shape index (κ3) is 4.37. The van der Waals surface area contributed by atoms with Crippen LogP contribution in [0.2, 0.25) is 0 Å². The molecule has 0 fully saturated rings. The smallest absolute Gasteiger partial charge is 0.394 e. The van der Waals surface area contributed by atoms with Gasteiger partial charge in [-0.15, -0.1) is 0 Å². The Bertz CT molecular complexity index is 1110. The monoisotopic (exact) mass is 440 g/mol. The Balaban J connectivity index is 2.21. The zero-order valence-electron chi connectivity index (χ0n) is 17.1. The van der Waals surface area contributed by atoms with Crippen molar-refractivity contribution in [3.63, 3.8) is 0 Å². The quantitative estimate of drug-likeness (QED) is 0.497. The number of anilines is 1. The Labute approximate surface area is 172 Å². The summed E-state index contributed by atoms with van der Waals surface area (Å²) in [5.41, 5.74) is -0.493. The first-order valence-corrected chi connectivity index (χ1v) is 12.0. The molecule has 10 heteroatoms. The van der Waals surface area contributed by atoms with Crippen molar-refractivity contribution in [3.8, 4) is 11.3 Å². The average Bonchev–Trinajstić information content (AvgIpc) is 3.08. The van der Waals surface area contributed by atoms with Gasteiger partial charge in [-0.3, -0.25) is 0 Å². The Morgan fingerprint density at radius 1 is 1.27 bits per heavy atom. The lowest BCUT2D eigenvalue weighted by Gasteiger charge is -2.21. The molecule has 0 unspecified atom stereocenters. The molecule has 0 saturated heterocycles. The van der Waals surface area contributed by atoms with Gasteiger partial charge in [0.2, 0.25) is 5.95 Å². The van der Waals surface area contributed by atoms with E-state index in [-0.39, 0.29) is 29.7 Å². The summed E-state index contributed by atoms with van der Waals surface area (Å²) < 4.78 is 53.7. The maximum absolute atomic E-state index is 13.7. The Hall–Kier alpha value is -2.38. The van der Waals surface area contributed by atoms with Crippen LogP contribution in [0.3, 0.4) is 0 Å². The first kappa shape index (κ1) is 22.3. The van der Waals surface area contributed by atoms with E-state index in [2.05, 4.69) is 20.3 Å². The van der Waals surface area contributed by atoms with Crippen LogP contribution in [-0.4, -0.2) is 46.0 Å². The molecular formula is C20H24F3N4O2P. The average molecular weight is 440 g/mol. The molecule has 162 valence electrons. The van der Waals surface area contributed by atoms with Crippen LogP contribution in [0.5, 0.6) is 0 Å². The summed E-state index contributed by atoms with van der Waals surface area (Å²) in [6.07, 6.45) is -2.47. The summed E-state index contributed by atoms with van der Waals surface area (Å²) in [5.74, 6) is 0.0103. The van der Waals surface area contributed by atoms with Crippen molar-refractivity contribution in [1.29, 1.82) is 0 Å².